The fourth-order valence-corrected chi connectivity index (χ4v) is 2.43. The van der Waals surface area contributed by atoms with Crippen LogP contribution in [-0.4, -0.2) is 11.8 Å². The van der Waals surface area contributed by atoms with Crippen molar-refractivity contribution in [1.82, 2.24) is 0 Å². The van der Waals surface area contributed by atoms with Crippen LogP contribution in [0, 0.1) is 5.82 Å². The summed E-state index contributed by atoms with van der Waals surface area (Å²) in [6.45, 7) is 1.97. The van der Waals surface area contributed by atoms with Gasteiger partial charge in [0.25, 0.3) is 0 Å². The van der Waals surface area contributed by atoms with Crippen LogP contribution < -0.4 is 5.73 Å². The van der Waals surface area contributed by atoms with Gasteiger partial charge in [-0.15, -0.1) is 0 Å². The minimum Gasteiger partial charge on any atom is -0.328 e. The van der Waals surface area contributed by atoms with Gasteiger partial charge in [0.1, 0.15) is 5.82 Å². The van der Waals surface area contributed by atoms with Crippen molar-refractivity contribution in [3.05, 3.63) is 34.6 Å². The maximum Gasteiger partial charge on any atom is 0.145 e. The highest BCUT2D eigenvalue weighted by molar-refractivity contribution is 7.98. The Morgan fingerprint density at radius 3 is 2.93 bits per heavy atom. The predicted octanol–water partition coefficient (Wildman–Crippen LogP) is 3.45. The Morgan fingerprint density at radius 2 is 2.27 bits per heavy atom. The van der Waals surface area contributed by atoms with Crippen molar-refractivity contribution in [2.24, 2.45) is 5.73 Å². The van der Waals surface area contributed by atoms with Gasteiger partial charge in [-0.1, -0.05) is 23.7 Å². The zero-order valence-electron chi connectivity index (χ0n) is 8.67. The summed E-state index contributed by atoms with van der Waals surface area (Å²) < 4.78 is 13.4. The van der Waals surface area contributed by atoms with E-state index in [1.165, 1.54) is 0 Å². The Kier molecular flexibility index (Phi) is 5.43. The van der Waals surface area contributed by atoms with E-state index in [1.54, 1.807) is 30.0 Å². The summed E-state index contributed by atoms with van der Waals surface area (Å²) in [5.41, 5.74) is 6.28. The molecule has 1 atom stereocenters. The van der Waals surface area contributed by atoms with Crippen molar-refractivity contribution < 1.29 is 4.39 Å². The summed E-state index contributed by atoms with van der Waals surface area (Å²) in [5, 5.41) is 0.195. The van der Waals surface area contributed by atoms with Crippen LogP contribution in [0.1, 0.15) is 18.9 Å². The summed E-state index contributed by atoms with van der Waals surface area (Å²) >= 11 is 7.35. The van der Waals surface area contributed by atoms with Crippen LogP contribution in [0.5, 0.6) is 0 Å². The Balaban J connectivity index is 2.41. The highest BCUT2D eigenvalue weighted by Gasteiger charge is 2.05. The second-order valence-electron chi connectivity index (χ2n) is 3.53. The number of thioether (sulfide) groups is 1. The van der Waals surface area contributed by atoms with Gasteiger partial charge < -0.3 is 5.73 Å². The van der Waals surface area contributed by atoms with E-state index in [-0.39, 0.29) is 16.9 Å². The predicted molar refractivity (Wildman–Crippen MR) is 65.8 cm³/mol. The lowest BCUT2D eigenvalue weighted by atomic mass is 10.2. The number of rotatable bonds is 5. The fraction of sp³-hybridized carbons (Fsp3) is 0.455. The highest BCUT2D eigenvalue weighted by atomic mass is 35.5. The molecule has 0 fully saturated rings. The molecule has 1 aromatic carbocycles. The summed E-state index contributed by atoms with van der Waals surface area (Å²) in [4.78, 5) is 0. The number of hydrogen-bond acceptors (Lipinski definition) is 2. The molecule has 0 amide bonds. The Morgan fingerprint density at radius 1 is 1.53 bits per heavy atom. The molecule has 0 heterocycles. The number of halogens is 2. The molecule has 0 aromatic heterocycles. The second-order valence-corrected chi connectivity index (χ2v) is 5.04. The largest absolute Gasteiger partial charge is 0.328 e. The lowest BCUT2D eigenvalue weighted by Crippen LogP contribution is -2.15. The smallest absolute Gasteiger partial charge is 0.145 e. The third kappa shape index (κ3) is 4.41. The summed E-state index contributed by atoms with van der Waals surface area (Å²) in [6, 6.07) is 5.31. The molecular formula is C11H15ClFNS. The van der Waals surface area contributed by atoms with Crippen LogP contribution in [0.2, 0.25) is 5.02 Å². The van der Waals surface area contributed by atoms with E-state index < -0.39 is 0 Å². The van der Waals surface area contributed by atoms with Crippen LogP contribution in [0.4, 0.5) is 4.39 Å². The fourth-order valence-electron chi connectivity index (χ4n) is 1.11. The summed E-state index contributed by atoms with van der Waals surface area (Å²) in [5.74, 6) is 1.30. The number of hydrogen-bond donors (Lipinski definition) is 1. The van der Waals surface area contributed by atoms with E-state index in [4.69, 9.17) is 17.3 Å². The molecule has 1 nitrogen and oxygen atoms in total. The van der Waals surface area contributed by atoms with Gasteiger partial charge in [-0.25, -0.2) is 4.39 Å². The van der Waals surface area contributed by atoms with Crippen LogP contribution in [-0.2, 0) is 5.75 Å². The molecule has 0 aliphatic heterocycles. The first-order valence-corrected chi connectivity index (χ1v) is 6.40. The van der Waals surface area contributed by atoms with Gasteiger partial charge in [0.15, 0.2) is 0 Å². The summed E-state index contributed by atoms with van der Waals surface area (Å²) in [7, 11) is 0. The lowest BCUT2D eigenvalue weighted by Gasteiger charge is -2.06. The van der Waals surface area contributed by atoms with E-state index in [9.17, 15) is 4.39 Å². The van der Waals surface area contributed by atoms with Gasteiger partial charge in [-0.3, -0.25) is 0 Å². The first kappa shape index (κ1) is 12.8. The van der Waals surface area contributed by atoms with Gasteiger partial charge >= 0.3 is 0 Å². The molecule has 15 heavy (non-hydrogen) atoms. The summed E-state index contributed by atoms with van der Waals surface area (Å²) in [6.07, 6.45) is 0.951. The molecule has 2 N–H and O–H groups in total. The Labute approximate surface area is 99.2 Å². The van der Waals surface area contributed by atoms with Crippen molar-refractivity contribution in [3.63, 3.8) is 0 Å². The molecule has 0 saturated carbocycles. The number of benzene rings is 1. The van der Waals surface area contributed by atoms with Gasteiger partial charge in [-0.2, -0.15) is 11.8 Å². The average molecular weight is 248 g/mol. The normalized spacial score (nSPS) is 12.8. The molecule has 1 unspecified atom stereocenters. The molecule has 4 heteroatoms. The zero-order valence-corrected chi connectivity index (χ0v) is 10.2. The van der Waals surface area contributed by atoms with Crippen LogP contribution in [0.3, 0.4) is 0 Å². The second kappa shape index (κ2) is 6.36. The molecule has 1 aromatic rings. The maximum absolute atomic E-state index is 13.4. The van der Waals surface area contributed by atoms with Gasteiger partial charge in [0, 0.05) is 11.8 Å². The van der Waals surface area contributed by atoms with E-state index in [0.29, 0.717) is 11.3 Å². The van der Waals surface area contributed by atoms with E-state index in [1.807, 2.05) is 6.92 Å². The SMILES string of the molecule is CC(N)CCSCc1cccc(Cl)c1F. The minimum absolute atomic E-state index is 0.195. The lowest BCUT2D eigenvalue weighted by molar-refractivity contribution is 0.617. The van der Waals surface area contributed by atoms with Crippen molar-refractivity contribution in [2.45, 2.75) is 25.1 Å². The Bertz CT molecular complexity index is 317. The Hall–Kier alpha value is -0.250. The van der Waals surface area contributed by atoms with Crippen LogP contribution >= 0.6 is 23.4 Å². The average Bonchev–Trinajstić information content (AvgIpc) is 2.18. The number of nitrogens with two attached hydrogens (primary N) is 1. The molecule has 0 saturated heterocycles. The first-order chi connectivity index (χ1) is 7.11. The molecular weight excluding hydrogens is 233 g/mol. The molecule has 0 spiro atoms. The van der Waals surface area contributed by atoms with Gasteiger partial charge in [0.2, 0.25) is 0 Å². The molecule has 1 rings (SSSR count). The first-order valence-electron chi connectivity index (χ1n) is 4.87. The molecule has 0 radical (unpaired) electrons. The third-order valence-corrected chi connectivity index (χ3v) is 3.34. The quantitative estimate of drug-likeness (QED) is 0.807. The van der Waals surface area contributed by atoms with Crippen molar-refractivity contribution >= 4 is 23.4 Å². The monoisotopic (exact) mass is 247 g/mol. The van der Waals surface area contributed by atoms with Gasteiger partial charge in [0.05, 0.1) is 5.02 Å². The standard InChI is InChI=1S/C11H15ClFNS/c1-8(14)5-6-15-7-9-3-2-4-10(12)11(9)13/h2-4,8H,5-7,14H2,1H3. The molecule has 0 aliphatic carbocycles. The van der Waals surface area contributed by atoms with Crippen LogP contribution in [0.15, 0.2) is 18.2 Å². The minimum atomic E-state index is -0.299. The molecule has 84 valence electrons. The van der Waals surface area contributed by atoms with E-state index in [0.717, 1.165) is 12.2 Å². The maximum atomic E-state index is 13.4. The van der Waals surface area contributed by atoms with Crippen molar-refractivity contribution in [2.75, 3.05) is 5.75 Å². The zero-order chi connectivity index (χ0) is 11.3. The van der Waals surface area contributed by atoms with Crippen molar-refractivity contribution in [3.8, 4) is 0 Å². The van der Waals surface area contributed by atoms with E-state index in [2.05, 4.69) is 0 Å². The molecule has 0 aliphatic rings. The third-order valence-electron chi connectivity index (χ3n) is 2.01. The van der Waals surface area contributed by atoms with E-state index >= 15 is 0 Å². The van der Waals surface area contributed by atoms with Crippen molar-refractivity contribution in [1.29, 1.82) is 0 Å². The van der Waals surface area contributed by atoms with Gasteiger partial charge in [-0.05, 0) is 30.7 Å². The highest BCUT2D eigenvalue weighted by Crippen LogP contribution is 2.22. The molecule has 0 bridgehead atoms. The van der Waals surface area contributed by atoms with Crippen LogP contribution in [0.25, 0.3) is 0 Å². The topological polar surface area (TPSA) is 26.0 Å².